The van der Waals surface area contributed by atoms with E-state index in [1.165, 1.54) is 0 Å². The summed E-state index contributed by atoms with van der Waals surface area (Å²) in [6.07, 6.45) is 11.8. The summed E-state index contributed by atoms with van der Waals surface area (Å²) < 4.78 is 19.2. The normalized spacial score (nSPS) is 17.4. The Bertz CT molecular complexity index is 2120. The van der Waals surface area contributed by atoms with Gasteiger partial charge in [-0.3, -0.25) is 0 Å². The van der Waals surface area contributed by atoms with E-state index in [4.69, 9.17) is 30.7 Å². The van der Waals surface area contributed by atoms with E-state index in [1.807, 2.05) is 4.57 Å². The third-order valence-electron chi connectivity index (χ3n) is 12.9. The highest BCUT2D eigenvalue weighted by atomic mass is 28.3. The number of hydrogen-bond donors (Lipinski definition) is 4. The molecule has 3 aliphatic rings. The number of unbranched alkanes of at least 4 members (excludes halogenated alkanes) is 2. The molecule has 17 heteroatoms. The average molecular weight is 902 g/mol. The summed E-state index contributed by atoms with van der Waals surface area (Å²) in [7, 11) is 2.94. The van der Waals surface area contributed by atoms with Crippen LogP contribution in [0.25, 0.3) is 16.6 Å². The summed E-state index contributed by atoms with van der Waals surface area (Å²) in [5.74, 6) is 0.685. The monoisotopic (exact) mass is 902 g/mol. The molecular weight excluding hydrogens is 827 g/mol. The van der Waals surface area contributed by atoms with Crippen molar-refractivity contribution in [1.82, 2.24) is 34.3 Å². The zero-order valence-electron chi connectivity index (χ0n) is 39.8. The van der Waals surface area contributed by atoms with Crippen LogP contribution >= 0.6 is 0 Å². The first-order valence-electron chi connectivity index (χ1n) is 23.5. The second-order valence-electron chi connectivity index (χ2n) is 19.4. The minimum Gasteiger partial charge on any atom is -0.463 e. The molecule has 0 aromatic carbocycles. The number of anilines is 2. The number of nitrogen functional groups attached to an aromatic ring is 2. The van der Waals surface area contributed by atoms with Gasteiger partial charge < -0.3 is 50.3 Å². The SMILES string of the molecule is CCCCOc1nc(N)c2c(n1)C(CCCC1(O)CCN(C)CC1)=C(C#N)C2.CCCCOc1nc(N)c2c(n1)c(CCCC1(O)CCN(C)CC1)c(C#N)n2COCC[Si](C)(C)C. The zero-order chi connectivity index (χ0) is 46.5. The van der Waals surface area contributed by atoms with Gasteiger partial charge in [0.1, 0.15) is 35.3 Å². The van der Waals surface area contributed by atoms with E-state index in [9.17, 15) is 20.7 Å². The molecule has 2 aliphatic heterocycles. The maximum absolute atomic E-state index is 11.1. The minimum absolute atomic E-state index is 0.226. The van der Waals surface area contributed by atoms with Crippen molar-refractivity contribution in [2.75, 3.05) is 71.6 Å². The van der Waals surface area contributed by atoms with Crippen LogP contribution in [0.15, 0.2) is 5.57 Å². The van der Waals surface area contributed by atoms with Gasteiger partial charge in [0.15, 0.2) is 5.82 Å². The second kappa shape index (κ2) is 23.2. The van der Waals surface area contributed by atoms with Gasteiger partial charge in [0.2, 0.25) is 0 Å². The zero-order valence-corrected chi connectivity index (χ0v) is 40.8. The van der Waals surface area contributed by atoms with Gasteiger partial charge in [0, 0.05) is 64.0 Å². The Morgan fingerprint density at radius 3 is 1.81 bits per heavy atom. The van der Waals surface area contributed by atoms with Crippen molar-refractivity contribution in [3.8, 4) is 24.2 Å². The summed E-state index contributed by atoms with van der Waals surface area (Å²) in [6, 6.07) is 6.25. The van der Waals surface area contributed by atoms with Crippen molar-refractivity contribution in [1.29, 1.82) is 10.5 Å². The van der Waals surface area contributed by atoms with Crippen LogP contribution in [0, 0.1) is 22.7 Å². The summed E-state index contributed by atoms with van der Waals surface area (Å²) in [5, 5.41) is 41.6. The van der Waals surface area contributed by atoms with Crippen LogP contribution in [0.4, 0.5) is 11.6 Å². The second-order valence-corrected chi connectivity index (χ2v) is 25.1. The summed E-state index contributed by atoms with van der Waals surface area (Å²) in [5.41, 5.74) is 17.1. The molecule has 5 heterocycles. The Morgan fingerprint density at radius 1 is 0.734 bits per heavy atom. The lowest BCUT2D eigenvalue weighted by Crippen LogP contribution is -2.42. The van der Waals surface area contributed by atoms with E-state index in [-0.39, 0.29) is 24.6 Å². The number of aryl methyl sites for hydroxylation is 1. The lowest BCUT2D eigenvalue weighted by atomic mass is 9.86. The lowest BCUT2D eigenvalue weighted by Gasteiger charge is -2.36. The molecule has 1 aliphatic carbocycles. The van der Waals surface area contributed by atoms with Crippen LogP contribution in [0.1, 0.15) is 120 Å². The molecule has 16 nitrogen and oxygen atoms in total. The van der Waals surface area contributed by atoms with E-state index in [0.29, 0.717) is 73.6 Å². The number of nitrogens with zero attached hydrogens (tertiary/aromatic N) is 9. The van der Waals surface area contributed by atoms with Gasteiger partial charge in [-0.2, -0.15) is 30.5 Å². The van der Waals surface area contributed by atoms with Crippen molar-refractivity contribution in [2.45, 2.75) is 154 Å². The molecule has 0 bridgehead atoms. The number of nitrogens with two attached hydrogens (primary N) is 2. The molecule has 0 amide bonds. The number of ether oxygens (including phenoxy) is 3. The first-order chi connectivity index (χ1) is 30.5. The van der Waals surface area contributed by atoms with Crippen molar-refractivity contribution in [3.63, 3.8) is 0 Å². The first kappa shape index (κ1) is 50.6. The molecule has 6 N–H and O–H groups in total. The highest BCUT2D eigenvalue weighted by Gasteiger charge is 2.33. The van der Waals surface area contributed by atoms with Crippen molar-refractivity contribution < 1.29 is 24.4 Å². The van der Waals surface area contributed by atoms with Crippen molar-refractivity contribution >= 4 is 36.3 Å². The quantitative estimate of drug-likeness (QED) is 0.0633. The number of rotatable bonds is 21. The molecule has 6 rings (SSSR count). The lowest BCUT2D eigenvalue weighted by molar-refractivity contribution is -0.0238. The highest BCUT2D eigenvalue weighted by molar-refractivity contribution is 6.76. The molecule has 0 saturated carbocycles. The first-order valence-corrected chi connectivity index (χ1v) is 27.3. The Morgan fingerprint density at radius 2 is 1.28 bits per heavy atom. The van der Waals surface area contributed by atoms with E-state index in [2.05, 4.69) is 84.5 Å². The fraction of sp³-hybridized carbons (Fsp3) is 0.702. The number of nitriles is 2. The fourth-order valence-corrected chi connectivity index (χ4v) is 9.31. The molecule has 2 saturated heterocycles. The van der Waals surface area contributed by atoms with E-state index in [1.54, 1.807) is 0 Å². The maximum atomic E-state index is 11.1. The predicted molar refractivity (Wildman–Crippen MR) is 254 cm³/mol. The van der Waals surface area contributed by atoms with Gasteiger partial charge in [0.05, 0.1) is 36.2 Å². The van der Waals surface area contributed by atoms with Crippen LogP contribution in [-0.2, 0) is 24.3 Å². The van der Waals surface area contributed by atoms with Gasteiger partial charge >= 0.3 is 12.0 Å². The standard InChI is InChI=1S/C26H44N6O3Si.C21H31N5O2/c1-6-7-15-35-25-29-22-20(9-8-10-26(33)11-13-31(2)14-12-26)21(18-27)32(23(22)24(28)30-25)19-34-16-17-36(3,4)5;1-3-4-12-28-20-24-18-16(15(14-22)13-17(18)19(23)25-20)6-5-7-21(27)8-10-26(2)11-9-21/h33H,6-17,19H2,1-5H3,(H2,28,29,30);27H,3-13H2,1-2H3,(H2,23,24,25). The molecule has 352 valence electrons. The highest BCUT2D eigenvalue weighted by Crippen LogP contribution is 2.39. The van der Waals surface area contributed by atoms with E-state index < -0.39 is 19.3 Å². The van der Waals surface area contributed by atoms with Crippen molar-refractivity contribution in [2.24, 2.45) is 0 Å². The summed E-state index contributed by atoms with van der Waals surface area (Å²) >= 11 is 0. The number of allylic oxidation sites excluding steroid dienone is 2. The van der Waals surface area contributed by atoms with Gasteiger partial charge in [-0.1, -0.05) is 46.3 Å². The number of likely N-dealkylation sites (tertiary alicyclic amines) is 2. The van der Waals surface area contributed by atoms with Crippen LogP contribution in [0.3, 0.4) is 0 Å². The average Bonchev–Trinajstić information content (AvgIpc) is 3.76. The van der Waals surface area contributed by atoms with Gasteiger partial charge in [0.25, 0.3) is 0 Å². The molecule has 64 heavy (non-hydrogen) atoms. The van der Waals surface area contributed by atoms with Crippen LogP contribution in [0.2, 0.25) is 25.7 Å². The van der Waals surface area contributed by atoms with E-state index in [0.717, 1.165) is 125 Å². The van der Waals surface area contributed by atoms with E-state index >= 15 is 0 Å². The number of aliphatic hydroxyl groups is 2. The largest absolute Gasteiger partial charge is 0.463 e. The Balaban J connectivity index is 0.000000248. The molecule has 0 unspecified atom stereocenters. The summed E-state index contributed by atoms with van der Waals surface area (Å²) in [6.45, 7) is 16.7. The topological polar surface area (TPSA) is 231 Å². The smallest absolute Gasteiger partial charge is 0.319 e. The number of piperidine rings is 2. The minimum atomic E-state index is -1.24. The predicted octanol–water partition coefficient (Wildman–Crippen LogP) is 6.85. The molecule has 3 aromatic rings. The van der Waals surface area contributed by atoms with Crippen LogP contribution in [0.5, 0.6) is 12.0 Å². The molecular formula is C47H75N11O5Si. The van der Waals surface area contributed by atoms with Crippen molar-refractivity contribution in [3.05, 3.63) is 28.1 Å². The Kier molecular flexibility index (Phi) is 18.4. The Labute approximate surface area is 382 Å². The molecule has 0 atom stereocenters. The molecule has 2 fully saturated rings. The molecule has 0 radical (unpaired) electrons. The third kappa shape index (κ3) is 13.8. The summed E-state index contributed by atoms with van der Waals surface area (Å²) in [4.78, 5) is 22.4. The molecule has 3 aromatic heterocycles. The van der Waals surface area contributed by atoms with Gasteiger partial charge in [-0.05, 0) is 103 Å². The van der Waals surface area contributed by atoms with Crippen LogP contribution in [-0.4, -0.2) is 124 Å². The third-order valence-corrected chi connectivity index (χ3v) is 14.6. The number of fused-ring (bicyclic) bond motifs is 2. The number of hydrogen-bond acceptors (Lipinski definition) is 15. The van der Waals surface area contributed by atoms with Gasteiger partial charge in [-0.15, -0.1) is 0 Å². The Hall–Kier alpha value is -4.36. The van der Waals surface area contributed by atoms with Gasteiger partial charge in [-0.25, -0.2) is 0 Å². The maximum Gasteiger partial charge on any atom is 0.319 e. The molecule has 0 spiro atoms. The number of aromatic nitrogens is 5. The fourth-order valence-electron chi connectivity index (χ4n) is 8.55. The van der Waals surface area contributed by atoms with Crippen LogP contribution < -0.4 is 20.9 Å².